The summed E-state index contributed by atoms with van der Waals surface area (Å²) in [7, 11) is 1.61. The van der Waals surface area contributed by atoms with Crippen LogP contribution in [0.3, 0.4) is 0 Å². The number of halogens is 1. The van der Waals surface area contributed by atoms with Crippen molar-refractivity contribution < 1.29 is 18.8 Å². The maximum atomic E-state index is 12.8. The van der Waals surface area contributed by atoms with Crippen LogP contribution in [0, 0.1) is 5.82 Å². The molecule has 23 heavy (non-hydrogen) atoms. The van der Waals surface area contributed by atoms with Crippen LogP contribution in [0.1, 0.15) is 22.8 Å². The van der Waals surface area contributed by atoms with E-state index in [1.807, 2.05) is 30.3 Å². The van der Waals surface area contributed by atoms with Gasteiger partial charge in [-0.15, -0.1) is 0 Å². The molecule has 0 saturated heterocycles. The molecule has 0 unspecified atom stereocenters. The number of carbonyl (C=O) groups excluding carboxylic acids is 1. The summed E-state index contributed by atoms with van der Waals surface area (Å²) in [6.07, 6.45) is 3.56. The largest absolute Gasteiger partial charge is 0.497 e. The van der Waals surface area contributed by atoms with Gasteiger partial charge in [-0.25, -0.2) is 9.18 Å². The van der Waals surface area contributed by atoms with Gasteiger partial charge in [0, 0.05) is 0 Å². The summed E-state index contributed by atoms with van der Waals surface area (Å²) in [6, 6.07) is 12.6. The molecule has 0 N–H and O–H groups in total. The first-order chi connectivity index (χ1) is 11.1. The third-order valence-electron chi connectivity index (χ3n) is 2.99. The Balaban J connectivity index is 1.95. The van der Waals surface area contributed by atoms with E-state index in [9.17, 15) is 9.18 Å². The number of allylic oxidation sites excluding steroid dienone is 1. The summed E-state index contributed by atoms with van der Waals surface area (Å²) in [6.45, 7) is 1.71. The van der Waals surface area contributed by atoms with E-state index in [-0.39, 0.29) is 5.56 Å². The van der Waals surface area contributed by atoms with Crippen LogP contribution in [0.4, 0.5) is 4.39 Å². The fraction of sp³-hybridized carbons (Fsp3) is 0.111. The maximum Gasteiger partial charge on any atom is 0.365 e. The van der Waals surface area contributed by atoms with E-state index in [4.69, 9.17) is 9.57 Å². The quantitative estimate of drug-likeness (QED) is 0.475. The highest BCUT2D eigenvalue weighted by atomic mass is 19.1. The molecular formula is C18H16FNO3. The van der Waals surface area contributed by atoms with Crippen molar-refractivity contribution in [2.75, 3.05) is 7.11 Å². The minimum atomic E-state index is -0.637. The smallest absolute Gasteiger partial charge is 0.365 e. The maximum absolute atomic E-state index is 12.8. The van der Waals surface area contributed by atoms with E-state index in [2.05, 4.69) is 5.16 Å². The number of rotatable bonds is 5. The number of benzene rings is 2. The highest BCUT2D eigenvalue weighted by molar-refractivity contribution is 5.97. The minimum Gasteiger partial charge on any atom is -0.497 e. The molecule has 118 valence electrons. The molecule has 5 heteroatoms. The summed E-state index contributed by atoms with van der Waals surface area (Å²) in [5.41, 5.74) is 1.73. The van der Waals surface area contributed by atoms with Crippen LogP contribution in [0.15, 0.2) is 59.8 Å². The van der Waals surface area contributed by atoms with Crippen molar-refractivity contribution in [1.82, 2.24) is 0 Å². The number of hydrogen-bond acceptors (Lipinski definition) is 4. The van der Waals surface area contributed by atoms with Gasteiger partial charge in [0.2, 0.25) is 0 Å². The molecule has 0 aliphatic carbocycles. The molecule has 2 rings (SSSR count). The number of ether oxygens (including phenoxy) is 1. The Bertz CT molecular complexity index is 719. The van der Waals surface area contributed by atoms with Crippen LogP contribution in [0.25, 0.3) is 6.08 Å². The lowest BCUT2D eigenvalue weighted by molar-refractivity contribution is 0.0516. The predicted molar refractivity (Wildman–Crippen MR) is 87.0 cm³/mol. The van der Waals surface area contributed by atoms with Gasteiger partial charge in [-0.05, 0) is 55.0 Å². The molecular weight excluding hydrogens is 297 g/mol. The standard InChI is InChI=1S/C18H16FNO3/c1-13(3-4-14-5-11-17(22-2)12-6-14)20-23-18(21)15-7-9-16(19)10-8-15/h3-12H,1-2H3. The number of carbonyl (C=O) groups is 1. The molecule has 0 heterocycles. The van der Waals surface area contributed by atoms with E-state index < -0.39 is 11.8 Å². The fourth-order valence-electron chi connectivity index (χ4n) is 1.71. The van der Waals surface area contributed by atoms with Gasteiger partial charge in [-0.1, -0.05) is 23.4 Å². The second-order valence-corrected chi connectivity index (χ2v) is 4.72. The molecule has 0 amide bonds. The third kappa shape index (κ3) is 5.07. The number of nitrogens with zero attached hydrogens (tertiary/aromatic N) is 1. The van der Waals surface area contributed by atoms with Gasteiger partial charge in [0.1, 0.15) is 11.6 Å². The molecule has 0 saturated carbocycles. The molecule has 2 aromatic rings. The SMILES string of the molecule is COc1ccc(C=CC(C)=NOC(=O)c2ccc(F)cc2)cc1. The summed E-state index contributed by atoms with van der Waals surface area (Å²) in [5, 5.41) is 3.73. The van der Waals surface area contributed by atoms with E-state index in [0.717, 1.165) is 11.3 Å². The van der Waals surface area contributed by atoms with Crippen molar-refractivity contribution in [2.45, 2.75) is 6.92 Å². The normalized spacial score (nSPS) is 11.5. The van der Waals surface area contributed by atoms with Crippen LogP contribution in [0.2, 0.25) is 0 Å². The summed E-state index contributed by atoms with van der Waals surface area (Å²) in [4.78, 5) is 16.5. The van der Waals surface area contributed by atoms with Crippen molar-refractivity contribution in [3.63, 3.8) is 0 Å². The Hall–Kier alpha value is -2.95. The monoisotopic (exact) mass is 313 g/mol. The van der Waals surface area contributed by atoms with Crippen molar-refractivity contribution in [1.29, 1.82) is 0 Å². The average molecular weight is 313 g/mol. The first-order valence-electron chi connectivity index (χ1n) is 6.92. The Kier molecular flexibility index (Phi) is 5.63. The number of hydrogen-bond donors (Lipinski definition) is 0. The zero-order valence-corrected chi connectivity index (χ0v) is 12.8. The Morgan fingerprint density at radius 3 is 2.35 bits per heavy atom. The topological polar surface area (TPSA) is 47.9 Å². The summed E-state index contributed by atoms with van der Waals surface area (Å²) >= 11 is 0. The number of oxime groups is 1. The van der Waals surface area contributed by atoms with Gasteiger partial charge in [-0.3, -0.25) is 0 Å². The van der Waals surface area contributed by atoms with Gasteiger partial charge in [0.05, 0.1) is 18.4 Å². The zero-order chi connectivity index (χ0) is 16.7. The molecule has 0 aliphatic heterocycles. The lowest BCUT2D eigenvalue weighted by atomic mass is 10.2. The van der Waals surface area contributed by atoms with Gasteiger partial charge in [-0.2, -0.15) is 0 Å². The molecule has 0 atom stereocenters. The summed E-state index contributed by atoms with van der Waals surface area (Å²) < 4.78 is 17.9. The van der Waals surface area contributed by atoms with Crippen LogP contribution in [0.5, 0.6) is 5.75 Å². The van der Waals surface area contributed by atoms with Crippen molar-refractivity contribution >= 4 is 17.8 Å². The summed E-state index contributed by atoms with van der Waals surface area (Å²) in [5.74, 6) is -0.272. The molecule has 0 aliphatic rings. The van der Waals surface area contributed by atoms with Gasteiger partial charge < -0.3 is 9.57 Å². The molecule has 0 spiro atoms. The highest BCUT2D eigenvalue weighted by Crippen LogP contribution is 2.12. The molecule has 0 aromatic heterocycles. The first kappa shape index (κ1) is 16.4. The average Bonchev–Trinajstić information content (AvgIpc) is 2.59. The van der Waals surface area contributed by atoms with Crippen LogP contribution >= 0.6 is 0 Å². The van der Waals surface area contributed by atoms with Crippen LogP contribution in [-0.4, -0.2) is 18.8 Å². The molecule has 2 aromatic carbocycles. The van der Waals surface area contributed by atoms with Gasteiger partial charge in [0.15, 0.2) is 0 Å². The number of methoxy groups -OCH3 is 1. The van der Waals surface area contributed by atoms with E-state index in [1.165, 1.54) is 24.3 Å². The van der Waals surface area contributed by atoms with Gasteiger partial charge >= 0.3 is 5.97 Å². The predicted octanol–water partition coefficient (Wildman–Crippen LogP) is 4.08. The third-order valence-corrected chi connectivity index (χ3v) is 2.99. The Labute approximate surface area is 133 Å². The van der Waals surface area contributed by atoms with Crippen molar-refractivity contribution in [3.8, 4) is 5.75 Å². The van der Waals surface area contributed by atoms with Crippen molar-refractivity contribution in [3.05, 3.63) is 71.6 Å². The zero-order valence-electron chi connectivity index (χ0n) is 12.8. The highest BCUT2D eigenvalue weighted by Gasteiger charge is 2.06. The van der Waals surface area contributed by atoms with E-state index in [0.29, 0.717) is 5.71 Å². The van der Waals surface area contributed by atoms with Crippen molar-refractivity contribution in [2.24, 2.45) is 5.16 Å². The minimum absolute atomic E-state index is 0.238. The van der Waals surface area contributed by atoms with E-state index in [1.54, 1.807) is 20.1 Å². The second kappa shape index (κ2) is 7.89. The molecule has 0 radical (unpaired) electrons. The van der Waals surface area contributed by atoms with Crippen LogP contribution in [-0.2, 0) is 4.84 Å². The molecule has 4 nitrogen and oxygen atoms in total. The van der Waals surface area contributed by atoms with Gasteiger partial charge in [0.25, 0.3) is 0 Å². The fourth-order valence-corrected chi connectivity index (χ4v) is 1.71. The van der Waals surface area contributed by atoms with Crippen LogP contribution < -0.4 is 4.74 Å². The second-order valence-electron chi connectivity index (χ2n) is 4.72. The molecule has 0 bridgehead atoms. The Morgan fingerprint density at radius 2 is 1.74 bits per heavy atom. The first-order valence-corrected chi connectivity index (χ1v) is 6.92. The Morgan fingerprint density at radius 1 is 1.09 bits per heavy atom. The lowest BCUT2D eigenvalue weighted by Crippen LogP contribution is -2.02. The molecule has 0 fully saturated rings. The van der Waals surface area contributed by atoms with E-state index >= 15 is 0 Å². The lowest BCUT2D eigenvalue weighted by Gasteiger charge is -2.00.